The Balaban J connectivity index is 2.23. The fourth-order valence-corrected chi connectivity index (χ4v) is 5.02. The van der Waals surface area contributed by atoms with Crippen LogP contribution in [-0.4, -0.2) is 57.1 Å². The van der Waals surface area contributed by atoms with Crippen LogP contribution in [0.2, 0.25) is 0 Å². The minimum Gasteiger partial charge on any atom is -0.497 e. The summed E-state index contributed by atoms with van der Waals surface area (Å²) in [6, 6.07) is 12.2. The maximum Gasteiger partial charge on any atom is 0.242 e. The molecule has 0 unspecified atom stereocenters. The van der Waals surface area contributed by atoms with E-state index < -0.39 is 16.1 Å². The molecule has 2 atom stereocenters. The number of nitrogens with zero attached hydrogens (tertiary/aromatic N) is 2. The highest BCUT2D eigenvalue weighted by Gasteiger charge is 2.27. The van der Waals surface area contributed by atoms with Crippen molar-refractivity contribution in [2.75, 3.05) is 24.2 Å². The lowest BCUT2D eigenvalue weighted by Crippen LogP contribution is -2.49. The summed E-state index contributed by atoms with van der Waals surface area (Å²) in [5.74, 6) is 0.224. The minimum absolute atomic E-state index is 0.00962. The number of carbonyl (C=O) groups is 2. The second-order valence-corrected chi connectivity index (χ2v) is 11.4. The van der Waals surface area contributed by atoms with Crippen LogP contribution in [0.15, 0.2) is 42.5 Å². The highest BCUT2D eigenvalue weighted by molar-refractivity contribution is 7.92. The van der Waals surface area contributed by atoms with Crippen LogP contribution >= 0.6 is 0 Å². The van der Waals surface area contributed by atoms with E-state index in [4.69, 9.17) is 4.74 Å². The van der Waals surface area contributed by atoms with Gasteiger partial charge in [0.2, 0.25) is 21.8 Å². The molecule has 0 saturated heterocycles. The molecule has 0 aliphatic rings. The Labute approximate surface area is 222 Å². The van der Waals surface area contributed by atoms with Gasteiger partial charge in [0.15, 0.2) is 0 Å². The summed E-state index contributed by atoms with van der Waals surface area (Å²) >= 11 is 0. The number of amides is 2. The molecule has 1 N–H and O–H groups in total. The second-order valence-electron chi connectivity index (χ2n) is 9.52. The van der Waals surface area contributed by atoms with Crippen molar-refractivity contribution in [3.05, 3.63) is 59.2 Å². The number of methoxy groups -OCH3 is 1. The van der Waals surface area contributed by atoms with Gasteiger partial charge in [-0.15, -0.1) is 0 Å². The van der Waals surface area contributed by atoms with Crippen molar-refractivity contribution < 1.29 is 22.7 Å². The molecular weight excluding hydrogens is 490 g/mol. The van der Waals surface area contributed by atoms with Crippen molar-refractivity contribution in [1.82, 2.24) is 10.2 Å². The highest BCUT2D eigenvalue weighted by atomic mass is 32.2. The van der Waals surface area contributed by atoms with Crippen molar-refractivity contribution >= 4 is 27.5 Å². The summed E-state index contributed by atoms with van der Waals surface area (Å²) in [6.45, 7) is 9.85. The van der Waals surface area contributed by atoms with Gasteiger partial charge in [0.1, 0.15) is 11.8 Å². The summed E-state index contributed by atoms with van der Waals surface area (Å²) in [4.78, 5) is 27.9. The zero-order valence-electron chi connectivity index (χ0n) is 23.1. The molecule has 0 saturated carbocycles. The first-order chi connectivity index (χ1) is 17.4. The normalized spacial score (nSPS) is 12.9. The van der Waals surface area contributed by atoms with Crippen LogP contribution in [0.5, 0.6) is 5.75 Å². The van der Waals surface area contributed by atoms with Crippen LogP contribution in [0.25, 0.3) is 0 Å². The average molecular weight is 532 g/mol. The molecule has 0 spiro atoms. The smallest absolute Gasteiger partial charge is 0.242 e. The van der Waals surface area contributed by atoms with Gasteiger partial charge in [-0.05, 0) is 75.4 Å². The fraction of sp³-hybridized carbons (Fsp3) is 0.500. The number of benzene rings is 2. The van der Waals surface area contributed by atoms with Crippen LogP contribution in [-0.2, 0) is 26.2 Å². The van der Waals surface area contributed by atoms with E-state index in [0.717, 1.165) is 23.1 Å². The molecule has 0 heterocycles. The number of carbonyl (C=O) groups excluding carboxylic acids is 2. The third kappa shape index (κ3) is 8.49. The maximum atomic E-state index is 13.4. The molecule has 0 bridgehead atoms. The maximum absolute atomic E-state index is 13.4. The number of anilines is 1. The van der Waals surface area contributed by atoms with E-state index >= 15 is 0 Å². The van der Waals surface area contributed by atoms with Crippen molar-refractivity contribution in [2.45, 2.75) is 72.5 Å². The van der Waals surface area contributed by atoms with Crippen LogP contribution in [0.4, 0.5) is 5.69 Å². The first-order valence-electron chi connectivity index (χ1n) is 12.7. The molecule has 0 aliphatic heterocycles. The van der Waals surface area contributed by atoms with E-state index in [-0.39, 0.29) is 37.4 Å². The summed E-state index contributed by atoms with van der Waals surface area (Å²) in [6.07, 6.45) is 2.37. The lowest BCUT2D eigenvalue weighted by atomic mass is 10.1. The van der Waals surface area contributed by atoms with Gasteiger partial charge in [0, 0.05) is 25.6 Å². The molecule has 2 amide bonds. The summed E-state index contributed by atoms with van der Waals surface area (Å²) in [5.41, 5.74) is 3.33. The van der Waals surface area contributed by atoms with Crippen LogP contribution in [0.3, 0.4) is 0 Å². The van der Waals surface area contributed by atoms with Crippen LogP contribution in [0.1, 0.15) is 56.7 Å². The Morgan fingerprint density at radius 3 is 2.38 bits per heavy atom. The van der Waals surface area contributed by atoms with Crippen molar-refractivity contribution in [1.29, 1.82) is 0 Å². The molecule has 0 fully saturated rings. The van der Waals surface area contributed by atoms with Crippen molar-refractivity contribution in [3.63, 3.8) is 0 Å². The first-order valence-corrected chi connectivity index (χ1v) is 14.5. The number of sulfonamides is 1. The third-order valence-corrected chi connectivity index (χ3v) is 7.83. The van der Waals surface area contributed by atoms with E-state index in [2.05, 4.69) is 5.32 Å². The Morgan fingerprint density at radius 2 is 1.76 bits per heavy atom. The van der Waals surface area contributed by atoms with Gasteiger partial charge >= 0.3 is 0 Å². The highest BCUT2D eigenvalue weighted by Crippen LogP contribution is 2.25. The van der Waals surface area contributed by atoms with Gasteiger partial charge in [-0.2, -0.15) is 0 Å². The number of ether oxygens (including phenoxy) is 1. The molecule has 8 nitrogen and oxygen atoms in total. The summed E-state index contributed by atoms with van der Waals surface area (Å²) < 4.78 is 31.9. The predicted octanol–water partition coefficient (Wildman–Crippen LogP) is 4.19. The number of rotatable bonds is 13. The van der Waals surface area contributed by atoms with E-state index in [1.807, 2.05) is 64.1 Å². The molecule has 0 radical (unpaired) electrons. The van der Waals surface area contributed by atoms with Gasteiger partial charge in [-0.1, -0.05) is 31.2 Å². The molecular formula is C28H41N3O5S. The Kier molecular flexibility index (Phi) is 11.0. The van der Waals surface area contributed by atoms with Gasteiger partial charge < -0.3 is 15.0 Å². The van der Waals surface area contributed by atoms with Crippen LogP contribution in [0, 0.1) is 13.8 Å². The largest absolute Gasteiger partial charge is 0.497 e. The zero-order chi connectivity index (χ0) is 27.8. The molecule has 0 aliphatic carbocycles. The van der Waals surface area contributed by atoms with Gasteiger partial charge in [-0.3, -0.25) is 13.9 Å². The average Bonchev–Trinajstić information content (AvgIpc) is 2.85. The standard InChI is InChI=1S/C28H41N3O5S/c1-8-21(3)29-28(33)23(5)30(19-24-13-10-14-25(18-24)36-6)27(32)16-11-17-31(37(7,34)35)26-15-9-12-20(2)22(26)4/h9-10,12-15,18,21,23H,8,11,16-17,19H2,1-7H3,(H,29,33)/t21-,23+/m1/s1. The number of hydrogen-bond donors (Lipinski definition) is 1. The SMILES string of the molecule is CC[C@@H](C)NC(=O)[C@H](C)N(Cc1cccc(OC)c1)C(=O)CCCN(c1cccc(C)c1C)S(C)(=O)=O. The van der Waals surface area contributed by atoms with E-state index in [1.54, 1.807) is 25.0 Å². The fourth-order valence-electron chi connectivity index (χ4n) is 4.00. The summed E-state index contributed by atoms with van der Waals surface area (Å²) in [7, 11) is -1.97. The zero-order valence-corrected chi connectivity index (χ0v) is 23.9. The second kappa shape index (κ2) is 13.5. The minimum atomic E-state index is -3.55. The van der Waals surface area contributed by atoms with Gasteiger partial charge in [-0.25, -0.2) is 8.42 Å². The van der Waals surface area contributed by atoms with E-state index in [9.17, 15) is 18.0 Å². The molecule has 2 aromatic rings. The molecule has 2 rings (SSSR count). The van der Waals surface area contributed by atoms with Crippen LogP contribution < -0.4 is 14.4 Å². The van der Waals surface area contributed by atoms with Crippen molar-refractivity contribution in [2.24, 2.45) is 0 Å². The van der Waals surface area contributed by atoms with E-state index in [1.165, 1.54) is 10.6 Å². The first kappa shape index (κ1) is 30.2. The topological polar surface area (TPSA) is 96.0 Å². The number of nitrogens with one attached hydrogen (secondary N) is 1. The third-order valence-electron chi connectivity index (χ3n) is 6.65. The van der Waals surface area contributed by atoms with E-state index in [0.29, 0.717) is 17.9 Å². The Morgan fingerprint density at radius 1 is 1.08 bits per heavy atom. The number of hydrogen-bond acceptors (Lipinski definition) is 5. The monoisotopic (exact) mass is 531 g/mol. The lowest BCUT2D eigenvalue weighted by Gasteiger charge is -2.30. The molecule has 2 aromatic carbocycles. The Bertz CT molecular complexity index is 1180. The van der Waals surface area contributed by atoms with Gasteiger partial charge in [0.25, 0.3) is 0 Å². The van der Waals surface area contributed by atoms with Gasteiger partial charge in [0.05, 0.1) is 19.1 Å². The molecule has 204 valence electrons. The quantitative estimate of drug-likeness (QED) is 0.418. The molecule has 37 heavy (non-hydrogen) atoms. The Hall–Kier alpha value is -3.07. The summed E-state index contributed by atoms with van der Waals surface area (Å²) in [5, 5.41) is 2.96. The van der Waals surface area contributed by atoms with Crippen molar-refractivity contribution in [3.8, 4) is 5.75 Å². The number of aryl methyl sites for hydroxylation is 1. The molecule has 9 heteroatoms. The molecule has 0 aromatic heterocycles. The predicted molar refractivity (Wildman–Crippen MR) is 148 cm³/mol. The lowest BCUT2D eigenvalue weighted by molar-refractivity contribution is -0.140.